The lowest BCUT2D eigenvalue weighted by Crippen LogP contribution is -2.44. The highest BCUT2D eigenvalue weighted by Gasteiger charge is 2.38. The highest BCUT2D eigenvalue weighted by molar-refractivity contribution is 7.99. The van der Waals surface area contributed by atoms with Gasteiger partial charge in [-0.15, -0.1) is 11.8 Å². The Labute approximate surface area is 168 Å². The van der Waals surface area contributed by atoms with Crippen molar-refractivity contribution in [3.63, 3.8) is 0 Å². The monoisotopic (exact) mass is 428 g/mol. The van der Waals surface area contributed by atoms with E-state index in [0.717, 1.165) is 6.07 Å². The average Bonchev–Trinajstić information content (AvgIpc) is 3.17. The number of halogens is 4. The van der Waals surface area contributed by atoms with Crippen LogP contribution in [0.1, 0.15) is 15.9 Å². The van der Waals surface area contributed by atoms with Crippen molar-refractivity contribution in [2.24, 2.45) is 0 Å². The fourth-order valence-corrected chi connectivity index (χ4v) is 3.96. The van der Waals surface area contributed by atoms with Gasteiger partial charge in [-0.3, -0.25) is 9.59 Å². The molecule has 1 aliphatic heterocycles. The van der Waals surface area contributed by atoms with Crippen molar-refractivity contribution < 1.29 is 31.9 Å². The van der Waals surface area contributed by atoms with Crippen LogP contribution >= 0.6 is 11.8 Å². The number of nitrogens with zero attached hydrogens (tertiary/aromatic N) is 1. The first kappa shape index (κ1) is 21.0. The number of hydrogen-bond acceptors (Lipinski definition) is 4. The second kappa shape index (κ2) is 8.32. The summed E-state index contributed by atoms with van der Waals surface area (Å²) >= 11 is 1.30. The third-order valence-corrected chi connectivity index (χ3v) is 5.33. The van der Waals surface area contributed by atoms with Gasteiger partial charge in [0.1, 0.15) is 17.6 Å². The second-order valence-corrected chi connectivity index (χ2v) is 7.20. The van der Waals surface area contributed by atoms with Crippen LogP contribution in [0.15, 0.2) is 42.5 Å². The third kappa shape index (κ3) is 4.64. The Kier molecular flexibility index (Phi) is 6.02. The minimum Gasteiger partial charge on any atom is -0.497 e. The lowest BCUT2D eigenvalue weighted by atomic mass is 10.1. The second-order valence-electron chi connectivity index (χ2n) is 6.20. The van der Waals surface area contributed by atoms with Crippen LogP contribution in [0.5, 0.6) is 5.75 Å². The predicted octanol–water partition coefficient (Wildman–Crippen LogP) is 4.01. The number of ether oxygens (including phenoxy) is 1. The number of nitrogens with one attached hydrogen (secondary N) is 1. The van der Waals surface area contributed by atoms with Gasteiger partial charge in [-0.1, -0.05) is 0 Å². The van der Waals surface area contributed by atoms with Crippen LogP contribution in [-0.4, -0.2) is 41.5 Å². The molecule has 5 nitrogen and oxygen atoms in total. The van der Waals surface area contributed by atoms with Crippen LogP contribution in [0.25, 0.3) is 0 Å². The predicted molar refractivity (Wildman–Crippen MR) is 100 cm³/mol. The summed E-state index contributed by atoms with van der Waals surface area (Å²) in [5, 5.41) is 2.67. The Bertz CT molecular complexity index is 919. The molecule has 3 rings (SSSR count). The van der Waals surface area contributed by atoms with Crippen molar-refractivity contribution in [3.05, 3.63) is 59.4 Å². The molecule has 1 fully saturated rings. The molecule has 1 atom stereocenters. The molecule has 1 aliphatic rings. The number of alkyl halides is 3. The minimum atomic E-state index is -4.93. The molecule has 0 aromatic heterocycles. The Morgan fingerprint density at radius 3 is 2.48 bits per heavy atom. The summed E-state index contributed by atoms with van der Waals surface area (Å²) in [7, 11) is 1.51. The van der Waals surface area contributed by atoms with Crippen LogP contribution < -0.4 is 10.1 Å². The van der Waals surface area contributed by atoms with E-state index in [1.807, 2.05) is 0 Å². The van der Waals surface area contributed by atoms with Gasteiger partial charge in [0.15, 0.2) is 0 Å². The molecule has 10 heteroatoms. The van der Waals surface area contributed by atoms with E-state index < -0.39 is 35.4 Å². The van der Waals surface area contributed by atoms with Crippen molar-refractivity contribution in [1.82, 2.24) is 4.90 Å². The van der Waals surface area contributed by atoms with Gasteiger partial charge in [0.05, 0.1) is 18.6 Å². The summed E-state index contributed by atoms with van der Waals surface area (Å²) in [5.74, 6) is -1.66. The van der Waals surface area contributed by atoms with Crippen molar-refractivity contribution in [1.29, 1.82) is 0 Å². The van der Waals surface area contributed by atoms with Crippen LogP contribution in [0.2, 0.25) is 0 Å². The van der Waals surface area contributed by atoms with E-state index in [0.29, 0.717) is 29.3 Å². The largest absolute Gasteiger partial charge is 0.497 e. The molecule has 154 valence electrons. The molecule has 1 heterocycles. The van der Waals surface area contributed by atoms with Gasteiger partial charge in [-0.05, 0) is 42.5 Å². The van der Waals surface area contributed by atoms with E-state index in [4.69, 9.17) is 4.74 Å². The van der Waals surface area contributed by atoms with E-state index in [1.165, 1.54) is 23.8 Å². The molecule has 0 saturated carbocycles. The molecule has 1 saturated heterocycles. The first-order valence-electron chi connectivity index (χ1n) is 8.41. The average molecular weight is 428 g/mol. The zero-order valence-electron chi connectivity index (χ0n) is 15.1. The molecule has 1 unspecified atom stereocenters. The van der Waals surface area contributed by atoms with E-state index in [2.05, 4.69) is 5.32 Å². The summed E-state index contributed by atoms with van der Waals surface area (Å²) in [5.41, 5.74) is -1.36. The highest BCUT2D eigenvalue weighted by atomic mass is 32.2. The van der Waals surface area contributed by atoms with Crippen LogP contribution in [-0.2, 0) is 11.0 Å². The maximum absolute atomic E-state index is 13.5. The zero-order valence-corrected chi connectivity index (χ0v) is 15.9. The van der Waals surface area contributed by atoms with Crippen LogP contribution in [0.4, 0.5) is 23.2 Å². The van der Waals surface area contributed by atoms with E-state index in [9.17, 15) is 27.2 Å². The number of rotatable bonds is 4. The van der Waals surface area contributed by atoms with Gasteiger partial charge in [-0.2, -0.15) is 13.2 Å². The molecular weight excluding hydrogens is 412 g/mol. The molecule has 2 amide bonds. The van der Waals surface area contributed by atoms with Gasteiger partial charge >= 0.3 is 6.18 Å². The summed E-state index contributed by atoms with van der Waals surface area (Å²) in [6, 6.07) is 7.74. The molecule has 29 heavy (non-hydrogen) atoms. The Balaban J connectivity index is 1.77. The lowest BCUT2D eigenvalue weighted by Gasteiger charge is -2.23. The van der Waals surface area contributed by atoms with E-state index >= 15 is 0 Å². The number of carbonyl (C=O) groups excluding carboxylic acids is 2. The Morgan fingerprint density at radius 1 is 1.17 bits per heavy atom. The quantitative estimate of drug-likeness (QED) is 0.748. The maximum atomic E-state index is 13.5. The van der Waals surface area contributed by atoms with Gasteiger partial charge in [0.25, 0.3) is 5.91 Å². The molecule has 0 bridgehead atoms. The van der Waals surface area contributed by atoms with Crippen molar-refractivity contribution >= 4 is 29.3 Å². The third-order valence-electron chi connectivity index (χ3n) is 4.32. The van der Waals surface area contributed by atoms with Crippen LogP contribution in [0, 0.1) is 5.82 Å². The van der Waals surface area contributed by atoms with E-state index in [1.54, 1.807) is 24.3 Å². The van der Waals surface area contributed by atoms with Crippen molar-refractivity contribution in [2.75, 3.05) is 24.1 Å². The summed E-state index contributed by atoms with van der Waals surface area (Å²) in [6.45, 7) is 0. The maximum Gasteiger partial charge on any atom is 0.419 e. The zero-order chi connectivity index (χ0) is 21.2. The summed E-state index contributed by atoms with van der Waals surface area (Å²) in [6.07, 6.45) is -4.93. The fourth-order valence-electron chi connectivity index (χ4n) is 2.80. The molecule has 2 aromatic carbocycles. The number of methoxy groups -OCH3 is 1. The number of anilines is 1. The van der Waals surface area contributed by atoms with Gasteiger partial charge < -0.3 is 15.0 Å². The first-order chi connectivity index (χ1) is 13.7. The van der Waals surface area contributed by atoms with Crippen LogP contribution in [0.3, 0.4) is 0 Å². The SMILES string of the molecule is COc1ccc(NC(=O)C2CSCN2C(=O)c2ccc(F)c(C(F)(F)F)c2)cc1. The van der Waals surface area contributed by atoms with Crippen molar-refractivity contribution in [2.45, 2.75) is 12.2 Å². The van der Waals surface area contributed by atoms with E-state index in [-0.39, 0.29) is 11.4 Å². The van der Waals surface area contributed by atoms with Crippen molar-refractivity contribution in [3.8, 4) is 5.75 Å². The number of hydrogen-bond donors (Lipinski definition) is 1. The molecule has 0 aliphatic carbocycles. The number of carbonyl (C=O) groups is 2. The Morgan fingerprint density at radius 2 is 1.86 bits per heavy atom. The standard InChI is InChI=1S/C19H16F4N2O3S/c1-28-13-5-3-12(4-6-13)24-17(26)16-9-29-10-25(16)18(27)11-2-7-15(20)14(8-11)19(21,22)23/h2-8,16H,9-10H2,1H3,(H,24,26). The molecule has 0 spiro atoms. The minimum absolute atomic E-state index is 0.137. The molecular formula is C19H16F4N2O3S. The summed E-state index contributed by atoms with van der Waals surface area (Å²) in [4.78, 5) is 26.5. The van der Waals surface area contributed by atoms with Gasteiger partial charge in [0, 0.05) is 17.0 Å². The number of thioether (sulfide) groups is 1. The van der Waals surface area contributed by atoms with Gasteiger partial charge in [-0.25, -0.2) is 4.39 Å². The highest BCUT2D eigenvalue weighted by Crippen LogP contribution is 2.33. The first-order valence-corrected chi connectivity index (χ1v) is 9.56. The number of benzene rings is 2. The number of amides is 2. The Hall–Kier alpha value is -2.75. The smallest absolute Gasteiger partial charge is 0.419 e. The fraction of sp³-hybridized carbons (Fsp3) is 0.263. The topological polar surface area (TPSA) is 58.6 Å². The van der Waals surface area contributed by atoms with Gasteiger partial charge in [0.2, 0.25) is 5.91 Å². The normalized spacial score (nSPS) is 16.6. The summed E-state index contributed by atoms with van der Waals surface area (Å²) < 4.78 is 57.3. The lowest BCUT2D eigenvalue weighted by molar-refractivity contribution is -0.140. The molecule has 2 aromatic rings. The molecule has 1 N–H and O–H groups in total. The molecule has 0 radical (unpaired) electrons.